The van der Waals surface area contributed by atoms with E-state index in [9.17, 15) is 13.6 Å². The fourth-order valence-corrected chi connectivity index (χ4v) is 3.24. The third-order valence-electron chi connectivity index (χ3n) is 4.89. The summed E-state index contributed by atoms with van der Waals surface area (Å²) in [5.74, 6) is -0.0825. The Morgan fingerprint density at radius 3 is 2.53 bits per heavy atom. The maximum atomic E-state index is 12.8. The van der Waals surface area contributed by atoms with Gasteiger partial charge in [-0.05, 0) is 49.7 Å². The number of nitrogens with zero attached hydrogens (tertiary/aromatic N) is 1. The Kier molecular flexibility index (Phi) is 7.98. The molecular weight excluding hydrogens is 392 g/mol. The van der Waals surface area contributed by atoms with Crippen LogP contribution in [0.5, 0.6) is 5.75 Å². The Bertz CT molecular complexity index is 812. The van der Waals surface area contributed by atoms with Crippen LogP contribution in [0.4, 0.5) is 20.2 Å². The molecule has 1 saturated heterocycles. The van der Waals surface area contributed by atoms with E-state index in [4.69, 9.17) is 4.74 Å². The van der Waals surface area contributed by atoms with E-state index in [2.05, 4.69) is 20.3 Å². The molecule has 1 heterocycles. The van der Waals surface area contributed by atoms with E-state index in [1.54, 1.807) is 30.3 Å². The molecule has 1 atom stereocenters. The van der Waals surface area contributed by atoms with Crippen molar-refractivity contribution in [2.24, 2.45) is 0 Å². The van der Waals surface area contributed by atoms with Crippen molar-refractivity contribution in [2.45, 2.75) is 26.0 Å². The highest BCUT2D eigenvalue weighted by atomic mass is 19.3. The first-order chi connectivity index (χ1) is 14.5. The number of carbonyl (C=O) groups excluding carboxylic acids is 1. The normalized spacial score (nSPS) is 15.6. The van der Waals surface area contributed by atoms with Crippen molar-refractivity contribution in [3.63, 3.8) is 0 Å². The number of para-hydroxylation sites is 1. The minimum Gasteiger partial charge on any atom is -0.435 e. The minimum absolute atomic E-state index is 0.0270. The number of hydrogen-bond acceptors (Lipinski definition) is 5. The van der Waals surface area contributed by atoms with Crippen LogP contribution in [0.3, 0.4) is 0 Å². The molecule has 8 heteroatoms. The summed E-state index contributed by atoms with van der Waals surface area (Å²) in [4.78, 5) is 15.1. The smallest absolute Gasteiger partial charge is 0.387 e. The number of halogens is 2. The van der Waals surface area contributed by atoms with Gasteiger partial charge < -0.3 is 20.1 Å². The molecule has 2 aromatic rings. The predicted octanol–water partition coefficient (Wildman–Crippen LogP) is 3.87. The second-order valence-electron chi connectivity index (χ2n) is 7.19. The van der Waals surface area contributed by atoms with Gasteiger partial charge in [0.1, 0.15) is 5.75 Å². The summed E-state index contributed by atoms with van der Waals surface area (Å²) in [5.41, 5.74) is 1.82. The van der Waals surface area contributed by atoms with Crippen LogP contribution in [0, 0.1) is 0 Å². The van der Waals surface area contributed by atoms with E-state index in [-0.39, 0.29) is 17.7 Å². The molecule has 1 unspecified atom stereocenters. The lowest BCUT2D eigenvalue weighted by molar-refractivity contribution is -0.0498. The average Bonchev–Trinajstić information content (AvgIpc) is 2.74. The van der Waals surface area contributed by atoms with Gasteiger partial charge in [0.15, 0.2) is 0 Å². The number of anilines is 2. The van der Waals surface area contributed by atoms with E-state index in [0.29, 0.717) is 16.9 Å². The van der Waals surface area contributed by atoms with Gasteiger partial charge in [-0.1, -0.05) is 12.1 Å². The Hall–Kier alpha value is -2.71. The van der Waals surface area contributed by atoms with Gasteiger partial charge in [-0.25, -0.2) is 0 Å². The minimum atomic E-state index is -2.86. The molecular formula is C22H27F2N3O3. The Labute approximate surface area is 175 Å². The van der Waals surface area contributed by atoms with Crippen molar-refractivity contribution >= 4 is 17.3 Å². The van der Waals surface area contributed by atoms with E-state index in [0.717, 1.165) is 39.3 Å². The van der Waals surface area contributed by atoms with Gasteiger partial charge in [-0.2, -0.15) is 8.78 Å². The van der Waals surface area contributed by atoms with Crippen LogP contribution < -0.4 is 15.4 Å². The van der Waals surface area contributed by atoms with Crippen LogP contribution in [0.2, 0.25) is 0 Å². The van der Waals surface area contributed by atoms with Crippen molar-refractivity contribution in [1.29, 1.82) is 0 Å². The summed E-state index contributed by atoms with van der Waals surface area (Å²) >= 11 is 0. The first-order valence-corrected chi connectivity index (χ1v) is 10.0. The summed E-state index contributed by atoms with van der Waals surface area (Å²) in [6, 6.07) is 13.4. The van der Waals surface area contributed by atoms with Crippen molar-refractivity contribution in [1.82, 2.24) is 10.2 Å². The predicted molar refractivity (Wildman–Crippen MR) is 112 cm³/mol. The zero-order valence-electron chi connectivity index (χ0n) is 16.9. The Balaban J connectivity index is 1.57. The van der Waals surface area contributed by atoms with Crippen LogP contribution in [0.1, 0.15) is 23.7 Å². The molecule has 0 bridgehead atoms. The molecule has 0 aromatic heterocycles. The van der Waals surface area contributed by atoms with Crippen LogP contribution in [0.15, 0.2) is 48.5 Å². The van der Waals surface area contributed by atoms with Gasteiger partial charge in [-0.3, -0.25) is 9.69 Å². The lowest BCUT2D eigenvalue weighted by Crippen LogP contribution is -2.40. The van der Waals surface area contributed by atoms with Gasteiger partial charge in [0, 0.05) is 31.4 Å². The molecule has 3 rings (SSSR count). The Morgan fingerprint density at radius 1 is 1.13 bits per heavy atom. The highest BCUT2D eigenvalue weighted by Gasteiger charge is 2.16. The fraction of sp³-hybridized carbons (Fsp3) is 0.409. The molecule has 162 valence electrons. The molecule has 1 fully saturated rings. The standard InChI is InChI=1S/C22H27F2N3O3/c1-16(10-11-27-12-14-29-15-13-27)25-21(28)19-4-2-3-5-20(19)26-17-6-8-18(9-7-17)30-22(23)24/h2-9,16,22,26H,10-15H2,1H3,(H,25,28). The zero-order chi connectivity index (χ0) is 21.3. The van der Waals surface area contributed by atoms with Gasteiger partial charge in [0.25, 0.3) is 5.91 Å². The van der Waals surface area contributed by atoms with E-state index >= 15 is 0 Å². The number of nitrogens with one attached hydrogen (secondary N) is 2. The maximum Gasteiger partial charge on any atom is 0.387 e. The molecule has 0 saturated carbocycles. The lowest BCUT2D eigenvalue weighted by Gasteiger charge is -2.27. The number of carbonyl (C=O) groups is 1. The van der Waals surface area contributed by atoms with Crippen LogP contribution in [-0.4, -0.2) is 56.3 Å². The first kappa shape index (κ1) is 22.0. The maximum absolute atomic E-state index is 12.8. The van der Waals surface area contributed by atoms with Crippen molar-refractivity contribution in [2.75, 3.05) is 38.2 Å². The highest BCUT2D eigenvalue weighted by Crippen LogP contribution is 2.24. The summed E-state index contributed by atoms with van der Waals surface area (Å²) in [6.45, 7) is 3.42. The third-order valence-corrected chi connectivity index (χ3v) is 4.89. The van der Waals surface area contributed by atoms with Gasteiger partial charge in [0.2, 0.25) is 0 Å². The molecule has 30 heavy (non-hydrogen) atoms. The van der Waals surface area contributed by atoms with Crippen LogP contribution in [-0.2, 0) is 4.74 Å². The molecule has 2 N–H and O–H groups in total. The van der Waals surface area contributed by atoms with Crippen molar-refractivity contribution in [3.05, 3.63) is 54.1 Å². The molecule has 1 aliphatic heterocycles. The number of rotatable bonds is 9. The number of morpholine rings is 1. The summed E-state index contributed by atoms with van der Waals surface area (Å²) < 4.78 is 34.3. The third kappa shape index (κ3) is 6.67. The number of hydrogen-bond donors (Lipinski definition) is 2. The number of ether oxygens (including phenoxy) is 2. The van der Waals surface area contributed by atoms with Crippen molar-refractivity contribution < 1.29 is 23.0 Å². The van der Waals surface area contributed by atoms with Crippen molar-refractivity contribution in [3.8, 4) is 5.75 Å². The molecule has 1 amide bonds. The first-order valence-electron chi connectivity index (χ1n) is 10.0. The molecule has 0 spiro atoms. The SMILES string of the molecule is CC(CCN1CCOCC1)NC(=O)c1ccccc1Nc1ccc(OC(F)F)cc1. The number of benzene rings is 2. The number of alkyl halides is 2. The van der Waals surface area contributed by atoms with Gasteiger partial charge in [-0.15, -0.1) is 0 Å². The largest absolute Gasteiger partial charge is 0.435 e. The van der Waals surface area contributed by atoms with E-state index in [1.165, 1.54) is 12.1 Å². The zero-order valence-corrected chi connectivity index (χ0v) is 16.9. The van der Waals surface area contributed by atoms with E-state index < -0.39 is 6.61 Å². The van der Waals surface area contributed by atoms with Gasteiger partial charge >= 0.3 is 6.61 Å². The van der Waals surface area contributed by atoms with Gasteiger partial charge in [0.05, 0.1) is 24.5 Å². The Morgan fingerprint density at radius 2 is 1.83 bits per heavy atom. The molecule has 0 radical (unpaired) electrons. The second-order valence-corrected chi connectivity index (χ2v) is 7.19. The average molecular weight is 419 g/mol. The summed E-state index contributed by atoms with van der Waals surface area (Å²) in [6.07, 6.45) is 0.854. The number of amides is 1. The van der Waals surface area contributed by atoms with Crippen LogP contribution in [0.25, 0.3) is 0 Å². The summed E-state index contributed by atoms with van der Waals surface area (Å²) in [5, 5.41) is 6.22. The monoisotopic (exact) mass is 419 g/mol. The quantitative estimate of drug-likeness (QED) is 0.646. The highest BCUT2D eigenvalue weighted by molar-refractivity contribution is 6.00. The lowest BCUT2D eigenvalue weighted by atomic mass is 10.1. The molecule has 2 aromatic carbocycles. The molecule has 0 aliphatic carbocycles. The summed E-state index contributed by atoms with van der Waals surface area (Å²) in [7, 11) is 0. The topological polar surface area (TPSA) is 62.8 Å². The second kappa shape index (κ2) is 10.9. The van der Waals surface area contributed by atoms with Crippen LogP contribution >= 0.6 is 0 Å². The fourth-order valence-electron chi connectivity index (χ4n) is 3.24. The van der Waals surface area contributed by atoms with E-state index in [1.807, 2.05) is 13.0 Å². The molecule has 1 aliphatic rings. The molecule has 6 nitrogen and oxygen atoms in total.